The van der Waals surface area contributed by atoms with Crippen LogP contribution in [-0.4, -0.2) is 83.0 Å². The second-order valence-corrected chi connectivity index (χ2v) is 10.3. The zero-order valence-corrected chi connectivity index (χ0v) is 22.2. The van der Waals surface area contributed by atoms with E-state index < -0.39 is 24.2 Å². The molecule has 8 nitrogen and oxygen atoms in total. The van der Waals surface area contributed by atoms with Gasteiger partial charge in [-0.25, -0.2) is 0 Å². The number of nitrogens with zero attached hydrogens (tertiary/aromatic N) is 3. The molecule has 2 fully saturated rings. The van der Waals surface area contributed by atoms with Gasteiger partial charge in [-0.15, -0.1) is 0 Å². The van der Waals surface area contributed by atoms with Crippen LogP contribution < -0.4 is 0 Å². The number of carbonyl (C=O) groups is 3. The smallest absolute Gasteiger partial charge is 0.317 e. The van der Waals surface area contributed by atoms with Gasteiger partial charge in [0.25, 0.3) is 0 Å². The Hall–Kier alpha value is -2.65. The monoisotopic (exact) mass is 547 g/mol. The highest BCUT2D eigenvalue weighted by atomic mass is 35.5. The summed E-state index contributed by atoms with van der Waals surface area (Å²) in [7, 11) is 0. The van der Waals surface area contributed by atoms with Crippen LogP contribution >= 0.6 is 23.2 Å². The fourth-order valence-corrected chi connectivity index (χ4v) is 5.36. The highest BCUT2D eigenvalue weighted by molar-refractivity contribution is 6.30. The number of aliphatic carboxylic acids is 1. The molecule has 0 spiro atoms. The lowest BCUT2D eigenvalue weighted by atomic mass is 9.90. The normalized spacial score (nSPS) is 21.6. The molecular formula is C27H31Cl2N3O5. The van der Waals surface area contributed by atoms with Crippen LogP contribution in [0.2, 0.25) is 10.0 Å². The van der Waals surface area contributed by atoms with Crippen LogP contribution in [0.1, 0.15) is 43.0 Å². The number of ether oxygens (including phenoxy) is 1. The quantitative estimate of drug-likeness (QED) is 0.536. The highest BCUT2D eigenvalue weighted by Crippen LogP contribution is 2.42. The van der Waals surface area contributed by atoms with E-state index in [0.717, 1.165) is 11.1 Å². The minimum atomic E-state index is -0.887. The summed E-state index contributed by atoms with van der Waals surface area (Å²) in [6.45, 7) is 3.57. The van der Waals surface area contributed by atoms with E-state index in [4.69, 9.17) is 33.0 Å². The lowest BCUT2D eigenvalue weighted by Gasteiger charge is -2.46. The van der Waals surface area contributed by atoms with E-state index in [2.05, 4.69) is 0 Å². The highest BCUT2D eigenvalue weighted by Gasteiger charge is 2.45. The van der Waals surface area contributed by atoms with Crippen LogP contribution in [0, 0.1) is 0 Å². The third-order valence-electron chi connectivity index (χ3n) is 6.90. The largest absolute Gasteiger partial charge is 0.480 e. The van der Waals surface area contributed by atoms with Gasteiger partial charge in [0.2, 0.25) is 11.8 Å². The molecule has 4 rings (SSSR count). The Morgan fingerprint density at radius 3 is 2.08 bits per heavy atom. The van der Waals surface area contributed by atoms with Crippen molar-refractivity contribution in [3.63, 3.8) is 0 Å². The number of carboxylic acid groups (broad SMARTS) is 1. The first-order valence-electron chi connectivity index (χ1n) is 12.4. The van der Waals surface area contributed by atoms with Gasteiger partial charge in [-0.05, 0) is 41.8 Å². The molecule has 198 valence electrons. The summed E-state index contributed by atoms with van der Waals surface area (Å²) in [5.74, 6) is -1.26. The van der Waals surface area contributed by atoms with Crippen LogP contribution in [0.3, 0.4) is 0 Å². The van der Waals surface area contributed by atoms with E-state index >= 15 is 0 Å². The number of carbonyl (C=O) groups excluding carboxylic acids is 2. The molecule has 37 heavy (non-hydrogen) atoms. The maximum Gasteiger partial charge on any atom is 0.317 e. The summed E-state index contributed by atoms with van der Waals surface area (Å²) in [6, 6.07) is 13.4. The summed E-state index contributed by atoms with van der Waals surface area (Å²) < 4.78 is 6.09. The molecule has 10 heteroatoms. The number of morpholine rings is 1. The Morgan fingerprint density at radius 1 is 0.973 bits per heavy atom. The zero-order valence-electron chi connectivity index (χ0n) is 20.7. The van der Waals surface area contributed by atoms with Gasteiger partial charge in [-0.3, -0.25) is 19.3 Å². The average molecular weight is 548 g/mol. The number of hydrogen-bond acceptors (Lipinski definition) is 5. The van der Waals surface area contributed by atoms with E-state index in [-0.39, 0.29) is 25.0 Å². The SMILES string of the molecule is CCC[C@@H](C(=O)N1CCN(CC(=O)O)CC1)N1C(=O)CO[C@H](c2ccc(Cl)cc2)[C@@H]1c1ccc(Cl)cc1. The molecule has 2 aliphatic rings. The van der Waals surface area contributed by atoms with Crippen LogP contribution in [0.5, 0.6) is 0 Å². The van der Waals surface area contributed by atoms with Crippen molar-refractivity contribution in [2.75, 3.05) is 39.3 Å². The molecule has 2 aromatic carbocycles. The van der Waals surface area contributed by atoms with Crippen LogP contribution in [0.25, 0.3) is 0 Å². The van der Waals surface area contributed by atoms with Crippen molar-refractivity contribution in [3.8, 4) is 0 Å². The van der Waals surface area contributed by atoms with Crippen LogP contribution in [0.4, 0.5) is 0 Å². The number of amides is 2. The van der Waals surface area contributed by atoms with Gasteiger partial charge < -0.3 is 19.6 Å². The molecule has 0 radical (unpaired) electrons. The van der Waals surface area contributed by atoms with E-state index in [1.54, 1.807) is 34.1 Å². The van der Waals surface area contributed by atoms with E-state index in [9.17, 15) is 14.4 Å². The second-order valence-electron chi connectivity index (χ2n) is 9.38. The first kappa shape index (κ1) is 27.4. The molecule has 0 saturated carbocycles. The Balaban J connectivity index is 1.67. The van der Waals surface area contributed by atoms with Crippen molar-refractivity contribution in [1.29, 1.82) is 0 Å². The lowest BCUT2D eigenvalue weighted by molar-refractivity contribution is -0.170. The van der Waals surface area contributed by atoms with Crippen molar-refractivity contribution < 1.29 is 24.2 Å². The van der Waals surface area contributed by atoms with Gasteiger partial charge in [0.05, 0.1) is 12.6 Å². The van der Waals surface area contributed by atoms with Crippen LogP contribution in [0.15, 0.2) is 48.5 Å². The third-order valence-corrected chi connectivity index (χ3v) is 7.40. The molecule has 2 amide bonds. The van der Waals surface area contributed by atoms with E-state index in [1.165, 1.54) is 0 Å². The fourth-order valence-electron chi connectivity index (χ4n) is 5.11. The second kappa shape index (κ2) is 12.3. The number of hydrogen-bond donors (Lipinski definition) is 1. The molecule has 3 atom stereocenters. The molecule has 0 aliphatic carbocycles. The molecule has 2 aliphatic heterocycles. The predicted molar refractivity (Wildman–Crippen MR) is 141 cm³/mol. The summed E-state index contributed by atoms with van der Waals surface area (Å²) in [6.07, 6.45) is 0.701. The number of piperazine rings is 1. The van der Waals surface area contributed by atoms with Crippen molar-refractivity contribution in [2.24, 2.45) is 0 Å². The standard InChI is InChI=1S/C27H31Cl2N3O5/c1-2-3-22(27(36)31-14-12-30(13-15-31)16-24(34)35)32-23(33)17-37-26(19-6-10-21(29)11-7-19)25(32)18-4-8-20(28)9-5-18/h4-11,22,25-26H,2-3,12-17H2,1H3,(H,34,35)/t22-,25-,26+/m0/s1. The lowest BCUT2D eigenvalue weighted by Crippen LogP contribution is -2.59. The van der Waals surface area contributed by atoms with Gasteiger partial charge in [0.15, 0.2) is 0 Å². The van der Waals surface area contributed by atoms with Gasteiger partial charge in [0.1, 0.15) is 18.8 Å². The number of halogens is 2. The summed E-state index contributed by atoms with van der Waals surface area (Å²) >= 11 is 12.3. The summed E-state index contributed by atoms with van der Waals surface area (Å²) in [5, 5.41) is 10.3. The maximum atomic E-state index is 13.9. The van der Waals surface area contributed by atoms with Gasteiger partial charge in [-0.2, -0.15) is 0 Å². The molecule has 0 aromatic heterocycles. The predicted octanol–water partition coefficient (Wildman–Crippen LogP) is 4.03. The fraction of sp³-hybridized carbons (Fsp3) is 0.444. The van der Waals surface area contributed by atoms with Crippen LogP contribution in [-0.2, 0) is 19.1 Å². The molecule has 0 bridgehead atoms. The number of rotatable bonds is 8. The van der Waals surface area contributed by atoms with Crippen molar-refractivity contribution in [3.05, 3.63) is 69.7 Å². The van der Waals surface area contributed by atoms with E-state index in [0.29, 0.717) is 49.1 Å². The first-order valence-corrected chi connectivity index (χ1v) is 13.2. The third kappa shape index (κ3) is 6.44. The molecule has 2 saturated heterocycles. The molecule has 2 heterocycles. The average Bonchev–Trinajstić information content (AvgIpc) is 2.88. The summed E-state index contributed by atoms with van der Waals surface area (Å²) in [4.78, 5) is 43.7. The maximum absolute atomic E-state index is 13.9. The number of benzene rings is 2. The van der Waals surface area contributed by atoms with Gasteiger partial charge in [0, 0.05) is 36.2 Å². The molecule has 2 aromatic rings. The van der Waals surface area contributed by atoms with Gasteiger partial charge in [-0.1, -0.05) is 60.8 Å². The molecular weight excluding hydrogens is 517 g/mol. The molecule has 1 N–H and O–H groups in total. The zero-order chi connectivity index (χ0) is 26.5. The Kier molecular flexibility index (Phi) is 9.08. The van der Waals surface area contributed by atoms with Gasteiger partial charge >= 0.3 is 5.97 Å². The van der Waals surface area contributed by atoms with Crippen molar-refractivity contribution in [1.82, 2.24) is 14.7 Å². The minimum Gasteiger partial charge on any atom is -0.480 e. The molecule has 0 unspecified atom stereocenters. The minimum absolute atomic E-state index is 0.0518. The summed E-state index contributed by atoms with van der Waals surface area (Å²) in [5.41, 5.74) is 1.67. The first-order chi connectivity index (χ1) is 17.8. The Labute approximate surface area is 226 Å². The Morgan fingerprint density at radius 2 is 1.54 bits per heavy atom. The van der Waals surface area contributed by atoms with E-state index in [1.807, 2.05) is 36.1 Å². The Bertz CT molecular complexity index is 1100. The van der Waals surface area contributed by atoms with Crippen molar-refractivity contribution in [2.45, 2.75) is 38.0 Å². The topological polar surface area (TPSA) is 90.4 Å². The number of carboxylic acids is 1. The van der Waals surface area contributed by atoms with Crippen molar-refractivity contribution >= 4 is 41.0 Å².